The number of anilines is 1. The van der Waals surface area contributed by atoms with Gasteiger partial charge in [0.1, 0.15) is 5.75 Å². The molecule has 0 heterocycles. The third-order valence-electron chi connectivity index (χ3n) is 2.48. The first kappa shape index (κ1) is 14.0. The van der Waals surface area contributed by atoms with Gasteiger partial charge in [-0.3, -0.25) is 9.69 Å². The summed E-state index contributed by atoms with van der Waals surface area (Å²) < 4.78 is 5.03. The molecule has 0 aromatic heterocycles. The van der Waals surface area contributed by atoms with E-state index in [4.69, 9.17) is 10.00 Å². The Kier molecular flexibility index (Phi) is 5.68. The quantitative estimate of drug-likeness (QED) is 0.773. The van der Waals surface area contributed by atoms with Crippen LogP contribution < -0.4 is 10.1 Å². The number of nitriles is 1. The van der Waals surface area contributed by atoms with E-state index in [0.29, 0.717) is 12.2 Å². The minimum atomic E-state index is -0.128. The molecule has 1 aromatic rings. The first-order valence-corrected chi connectivity index (χ1v) is 5.72. The maximum absolute atomic E-state index is 11.7. The Hall–Kier alpha value is -2.06. The normalized spacial score (nSPS) is 9.89. The van der Waals surface area contributed by atoms with Gasteiger partial charge in [-0.2, -0.15) is 5.26 Å². The second kappa shape index (κ2) is 7.30. The van der Waals surface area contributed by atoms with Gasteiger partial charge in [-0.05, 0) is 30.8 Å². The summed E-state index contributed by atoms with van der Waals surface area (Å²) in [5.41, 5.74) is 0.716. The molecule has 0 unspecified atom stereocenters. The number of likely N-dealkylation sites (N-methyl/N-ethyl adjacent to an activating group) is 1. The predicted octanol–water partition coefficient (Wildman–Crippen LogP) is 1.48. The van der Waals surface area contributed by atoms with Crippen LogP contribution in [0.2, 0.25) is 0 Å². The fraction of sp³-hybridized carbons (Fsp3) is 0.385. The number of nitrogens with one attached hydrogen (secondary N) is 1. The van der Waals surface area contributed by atoms with Crippen molar-refractivity contribution >= 4 is 11.6 Å². The van der Waals surface area contributed by atoms with Gasteiger partial charge >= 0.3 is 0 Å². The van der Waals surface area contributed by atoms with E-state index in [1.807, 2.05) is 13.0 Å². The predicted molar refractivity (Wildman–Crippen MR) is 69.4 cm³/mol. The molecule has 0 spiro atoms. The van der Waals surface area contributed by atoms with Crippen molar-refractivity contribution in [2.24, 2.45) is 0 Å². The first-order chi connectivity index (χ1) is 8.69. The average Bonchev–Trinajstić information content (AvgIpc) is 2.39. The summed E-state index contributed by atoms with van der Waals surface area (Å²) in [7, 11) is 1.59. The van der Waals surface area contributed by atoms with Gasteiger partial charge in [-0.15, -0.1) is 0 Å². The standard InChI is InChI=1S/C13H17N3O2/c1-3-16(9-8-14)10-13(17)15-11-4-6-12(18-2)7-5-11/h4-7H,3,9-10H2,1-2H3,(H,15,17). The summed E-state index contributed by atoms with van der Waals surface area (Å²) in [5, 5.41) is 11.4. The van der Waals surface area contributed by atoms with Crippen LogP contribution in [0.5, 0.6) is 5.75 Å². The van der Waals surface area contributed by atoms with E-state index >= 15 is 0 Å². The van der Waals surface area contributed by atoms with Crippen molar-refractivity contribution in [3.05, 3.63) is 24.3 Å². The van der Waals surface area contributed by atoms with E-state index in [-0.39, 0.29) is 19.0 Å². The molecule has 1 rings (SSSR count). The highest BCUT2D eigenvalue weighted by molar-refractivity contribution is 5.92. The zero-order chi connectivity index (χ0) is 13.4. The number of benzene rings is 1. The number of carbonyl (C=O) groups is 1. The fourth-order valence-corrected chi connectivity index (χ4v) is 1.46. The highest BCUT2D eigenvalue weighted by atomic mass is 16.5. The zero-order valence-electron chi connectivity index (χ0n) is 10.6. The molecule has 0 aliphatic heterocycles. The van der Waals surface area contributed by atoms with Crippen molar-refractivity contribution in [1.82, 2.24) is 4.90 Å². The number of hydrogen-bond donors (Lipinski definition) is 1. The summed E-state index contributed by atoms with van der Waals surface area (Å²) in [5.74, 6) is 0.616. The molecular weight excluding hydrogens is 230 g/mol. The number of nitrogens with zero attached hydrogens (tertiary/aromatic N) is 2. The summed E-state index contributed by atoms with van der Waals surface area (Å²) in [6.45, 7) is 3.06. The van der Waals surface area contributed by atoms with Gasteiger partial charge in [0.25, 0.3) is 0 Å². The Bertz CT molecular complexity index is 423. The van der Waals surface area contributed by atoms with Crippen molar-refractivity contribution in [2.45, 2.75) is 6.92 Å². The Labute approximate surface area is 107 Å². The van der Waals surface area contributed by atoms with Crippen molar-refractivity contribution in [3.8, 4) is 11.8 Å². The molecule has 0 fully saturated rings. The molecule has 1 aromatic carbocycles. The van der Waals surface area contributed by atoms with Crippen LogP contribution in [0.1, 0.15) is 6.92 Å². The van der Waals surface area contributed by atoms with Gasteiger partial charge in [-0.25, -0.2) is 0 Å². The molecular formula is C13H17N3O2. The summed E-state index contributed by atoms with van der Waals surface area (Å²) in [6, 6.07) is 9.14. The van der Waals surface area contributed by atoms with Gasteiger partial charge in [-0.1, -0.05) is 6.92 Å². The Morgan fingerprint density at radius 3 is 2.61 bits per heavy atom. The summed E-state index contributed by atoms with van der Waals surface area (Å²) in [4.78, 5) is 13.5. The van der Waals surface area contributed by atoms with Gasteiger partial charge in [0, 0.05) is 5.69 Å². The van der Waals surface area contributed by atoms with Crippen molar-refractivity contribution in [2.75, 3.05) is 32.1 Å². The molecule has 1 amide bonds. The number of ether oxygens (including phenoxy) is 1. The lowest BCUT2D eigenvalue weighted by molar-refractivity contribution is -0.117. The number of hydrogen-bond acceptors (Lipinski definition) is 4. The minimum Gasteiger partial charge on any atom is -0.497 e. The molecule has 0 aliphatic rings. The maximum atomic E-state index is 11.7. The largest absolute Gasteiger partial charge is 0.497 e. The average molecular weight is 247 g/mol. The Morgan fingerprint density at radius 2 is 2.11 bits per heavy atom. The molecule has 0 bridgehead atoms. The van der Waals surface area contributed by atoms with E-state index in [2.05, 4.69) is 5.32 Å². The van der Waals surface area contributed by atoms with E-state index in [9.17, 15) is 4.79 Å². The monoisotopic (exact) mass is 247 g/mol. The lowest BCUT2D eigenvalue weighted by Crippen LogP contribution is -2.33. The molecule has 96 valence electrons. The molecule has 0 aliphatic carbocycles. The minimum absolute atomic E-state index is 0.128. The van der Waals surface area contributed by atoms with Crippen LogP contribution in [0.3, 0.4) is 0 Å². The third kappa shape index (κ3) is 4.44. The van der Waals surface area contributed by atoms with Gasteiger partial charge in [0.05, 0.1) is 26.3 Å². The van der Waals surface area contributed by atoms with Crippen LogP contribution >= 0.6 is 0 Å². The number of methoxy groups -OCH3 is 1. The molecule has 0 atom stereocenters. The fourth-order valence-electron chi connectivity index (χ4n) is 1.46. The number of amides is 1. The van der Waals surface area contributed by atoms with E-state index in [1.54, 1.807) is 36.3 Å². The van der Waals surface area contributed by atoms with Crippen molar-refractivity contribution < 1.29 is 9.53 Å². The first-order valence-electron chi connectivity index (χ1n) is 5.72. The molecule has 1 N–H and O–H groups in total. The summed E-state index contributed by atoms with van der Waals surface area (Å²) >= 11 is 0. The van der Waals surface area contributed by atoms with Crippen LogP contribution in [-0.2, 0) is 4.79 Å². The highest BCUT2D eigenvalue weighted by Crippen LogP contribution is 2.14. The summed E-state index contributed by atoms with van der Waals surface area (Å²) in [6.07, 6.45) is 0. The lowest BCUT2D eigenvalue weighted by Gasteiger charge is -2.15. The van der Waals surface area contributed by atoms with Gasteiger partial charge in [0.2, 0.25) is 5.91 Å². The zero-order valence-corrected chi connectivity index (χ0v) is 10.6. The van der Waals surface area contributed by atoms with Gasteiger partial charge in [0.15, 0.2) is 0 Å². The van der Waals surface area contributed by atoms with Crippen LogP contribution in [0.15, 0.2) is 24.3 Å². The lowest BCUT2D eigenvalue weighted by atomic mass is 10.3. The third-order valence-corrected chi connectivity index (χ3v) is 2.48. The highest BCUT2D eigenvalue weighted by Gasteiger charge is 2.08. The second-order valence-corrected chi connectivity index (χ2v) is 3.74. The van der Waals surface area contributed by atoms with Crippen LogP contribution in [-0.4, -0.2) is 37.6 Å². The smallest absolute Gasteiger partial charge is 0.238 e. The Balaban J connectivity index is 2.50. The van der Waals surface area contributed by atoms with E-state index in [0.717, 1.165) is 5.75 Å². The second-order valence-electron chi connectivity index (χ2n) is 3.74. The van der Waals surface area contributed by atoms with E-state index < -0.39 is 0 Å². The molecule has 5 nitrogen and oxygen atoms in total. The van der Waals surface area contributed by atoms with Crippen LogP contribution in [0, 0.1) is 11.3 Å². The van der Waals surface area contributed by atoms with Crippen LogP contribution in [0.4, 0.5) is 5.69 Å². The maximum Gasteiger partial charge on any atom is 0.238 e. The molecule has 0 radical (unpaired) electrons. The van der Waals surface area contributed by atoms with E-state index in [1.165, 1.54) is 0 Å². The Morgan fingerprint density at radius 1 is 1.44 bits per heavy atom. The van der Waals surface area contributed by atoms with Gasteiger partial charge < -0.3 is 10.1 Å². The molecule has 5 heteroatoms. The molecule has 18 heavy (non-hydrogen) atoms. The topological polar surface area (TPSA) is 65.4 Å². The van der Waals surface area contributed by atoms with Crippen molar-refractivity contribution in [3.63, 3.8) is 0 Å². The number of rotatable bonds is 6. The van der Waals surface area contributed by atoms with Crippen LogP contribution in [0.25, 0.3) is 0 Å². The molecule has 0 saturated carbocycles. The molecule has 0 saturated heterocycles. The number of carbonyl (C=O) groups excluding carboxylic acids is 1. The van der Waals surface area contributed by atoms with Crippen molar-refractivity contribution in [1.29, 1.82) is 5.26 Å². The SMILES string of the molecule is CCN(CC#N)CC(=O)Nc1ccc(OC)cc1.